The number of rotatable bonds is 9. The predicted octanol–water partition coefficient (Wildman–Crippen LogP) is 8.01. The lowest BCUT2D eigenvalue weighted by Gasteiger charge is -2.14. The van der Waals surface area contributed by atoms with Crippen LogP contribution in [0.25, 0.3) is 6.08 Å². The van der Waals surface area contributed by atoms with Gasteiger partial charge in [0.2, 0.25) is 0 Å². The lowest BCUT2D eigenvalue weighted by Crippen LogP contribution is -2.29. The number of methoxy groups -OCH3 is 1. The molecule has 2 amide bonds. The number of thioether (sulfide) groups is 1. The number of halogens is 3. The van der Waals surface area contributed by atoms with Gasteiger partial charge < -0.3 is 9.47 Å². The summed E-state index contributed by atoms with van der Waals surface area (Å²) in [6.45, 7) is 0.637. The zero-order valence-electron chi connectivity index (χ0n) is 19.3. The molecule has 0 unspecified atom stereocenters. The summed E-state index contributed by atoms with van der Waals surface area (Å²) in [5.41, 5.74) is 2.73. The zero-order valence-corrected chi connectivity index (χ0v) is 23.2. The number of amides is 2. The van der Waals surface area contributed by atoms with Gasteiger partial charge in [0.15, 0.2) is 11.5 Å². The summed E-state index contributed by atoms with van der Waals surface area (Å²) in [7, 11) is 1.54. The summed E-state index contributed by atoms with van der Waals surface area (Å²) in [4.78, 5) is 27.1. The molecular weight excluding hydrogens is 585 g/mol. The molecule has 1 saturated heterocycles. The SMILES string of the molecule is COc1cc(/C=C2/SC(=O)N(CCCc3ccccc3)C2=O)cc(Br)c1OCc1ccc(Cl)c(Cl)c1. The van der Waals surface area contributed by atoms with Gasteiger partial charge in [-0.05, 0) is 87.6 Å². The van der Waals surface area contributed by atoms with E-state index in [9.17, 15) is 9.59 Å². The molecule has 186 valence electrons. The van der Waals surface area contributed by atoms with Crippen molar-refractivity contribution in [3.63, 3.8) is 0 Å². The maximum absolute atomic E-state index is 12.9. The molecule has 0 aromatic heterocycles. The summed E-state index contributed by atoms with van der Waals surface area (Å²) in [5.74, 6) is 0.709. The van der Waals surface area contributed by atoms with E-state index in [1.165, 1.54) is 17.6 Å². The number of hydrogen-bond donors (Lipinski definition) is 0. The van der Waals surface area contributed by atoms with E-state index in [1.54, 1.807) is 24.3 Å². The van der Waals surface area contributed by atoms with E-state index >= 15 is 0 Å². The average Bonchev–Trinajstić information content (AvgIpc) is 3.13. The molecule has 3 aromatic carbocycles. The minimum Gasteiger partial charge on any atom is -0.493 e. The Kier molecular flexibility index (Phi) is 9.01. The van der Waals surface area contributed by atoms with Crippen molar-refractivity contribution in [3.8, 4) is 11.5 Å². The first-order valence-electron chi connectivity index (χ1n) is 11.1. The van der Waals surface area contributed by atoms with Crippen molar-refractivity contribution in [1.29, 1.82) is 0 Å². The fourth-order valence-electron chi connectivity index (χ4n) is 3.68. The Balaban J connectivity index is 1.45. The van der Waals surface area contributed by atoms with Gasteiger partial charge in [0.25, 0.3) is 11.1 Å². The maximum atomic E-state index is 12.9. The number of benzene rings is 3. The summed E-state index contributed by atoms with van der Waals surface area (Å²) >= 11 is 16.5. The van der Waals surface area contributed by atoms with Crippen molar-refractivity contribution in [1.82, 2.24) is 4.90 Å². The Labute approximate surface area is 232 Å². The van der Waals surface area contributed by atoms with Gasteiger partial charge in [-0.25, -0.2) is 0 Å². The van der Waals surface area contributed by atoms with Crippen molar-refractivity contribution in [2.75, 3.05) is 13.7 Å². The van der Waals surface area contributed by atoms with Crippen molar-refractivity contribution < 1.29 is 19.1 Å². The van der Waals surface area contributed by atoms with E-state index in [-0.39, 0.29) is 17.8 Å². The van der Waals surface area contributed by atoms with E-state index in [2.05, 4.69) is 15.9 Å². The van der Waals surface area contributed by atoms with E-state index in [4.69, 9.17) is 32.7 Å². The maximum Gasteiger partial charge on any atom is 0.293 e. The lowest BCUT2D eigenvalue weighted by atomic mass is 10.1. The van der Waals surface area contributed by atoms with E-state index in [0.717, 1.165) is 23.7 Å². The third-order valence-corrected chi connectivity index (χ3v) is 7.72. The van der Waals surface area contributed by atoms with Crippen LogP contribution in [-0.2, 0) is 17.8 Å². The highest BCUT2D eigenvalue weighted by Gasteiger charge is 2.34. The first-order valence-corrected chi connectivity index (χ1v) is 13.5. The van der Waals surface area contributed by atoms with Gasteiger partial charge in [-0.1, -0.05) is 59.6 Å². The van der Waals surface area contributed by atoms with Crippen LogP contribution in [0.1, 0.15) is 23.1 Å². The first-order chi connectivity index (χ1) is 17.4. The lowest BCUT2D eigenvalue weighted by molar-refractivity contribution is -0.122. The van der Waals surface area contributed by atoms with Gasteiger partial charge in [0, 0.05) is 6.54 Å². The minimum absolute atomic E-state index is 0.257. The molecule has 1 heterocycles. The molecule has 1 fully saturated rings. The van der Waals surface area contributed by atoms with E-state index < -0.39 is 0 Å². The molecule has 0 spiro atoms. The highest BCUT2D eigenvalue weighted by molar-refractivity contribution is 9.10. The molecule has 5 nitrogen and oxygen atoms in total. The monoisotopic (exact) mass is 605 g/mol. The Hall–Kier alpha value is -2.45. The molecule has 0 N–H and O–H groups in total. The van der Waals surface area contributed by atoms with Gasteiger partial charge in [0.05, 0.1) is 26.5 Å². The molecule has 0 atom stereocenters. The molecule has 0 radical (unpaired) electrons. The quantitative estimate of drug-likeness (QED) is 0.231. The third-order valence-electron chi connectivity index (χ3n) is 5.48. The zero-order chi connectivity index (χ0) is 25.7. The van der Waals surface area contributed by atoms with Crippen molar-refractivity contribution in [2.24, 2.45) is 0 Å². The third kappa shape index (κ3) is 6.45. The topological polar surface area (TPSA) is 55.8 Å². The van der Waals surface area contributed by atoms with Gasteiger partial charge in [-0.2, -0.15) is 0 Å². The molecule has 1 aliphatic rings. The summed E-state index contributed by atoms with van der Waals surface area (Å²) in [5, 5.41) is 0.671. The number of aryl methyl sites for hydroxylation is 1. The number of carbonyl (C=O) groups excluding carboxylic acids is 2. The van der Waals surface area contributed by atoms with E-state index in [0.29, 0.717) is 49.5 Å². The molecule has 1 aliphatic heterocycles. The van der Waals surface area contributed by atoms with Gasteiger partial charge in [-0.3, -0.25) is 14.5 Å². The van der Waals surface area contributed by atoms with Gasteiger partial charge in [0.1, 0.15) is 6.61 Å². The van der Waals surface area contributed by atoms with Crippen LogP contribution >= 0.6 is 50.9 Å². The summed E-state index contributed by atoms with van der Waals surface area (Å²) in [6.07, 6.45) is 3.20. The van der Waals surface area contributed by atoms with Gasteiger partial charge >= 0.3 is 0 Å². The van der Waals surface area contributed by atoms with Crippen LogP contribution < -0.4 is 9.47 Å². The number of ether oxygens (including phenoxy) is 2. The van der Waals surface area contributed by atoms with Crippen LogP contribution in [0.4, 0.5) is 4.79 Å². The molecule has 3 aromatic rings. The second-order valence-corrected chi connectivity index (χ2v) is 10.7. The fourth-order valence-corrected chi connectivity index (χ4v) is 5.44. The standard InChI is InChI=1S/C27H22BrCl2NO4S/c1-34-23-14-19(12-20(28)25(23)35-16-18-9-10-21(29)22(30)13-18)15-24-26(32)31(27(33)36-24)11-5-8-17-6-3-2-4-7-17/h2-4,6-7,9-10,12-15H,5,8,11,16H2,1H3/b24-15+. The Morgan fingerprint density at radius 1 is 1.00 bits per heavy atom. The van der Waals surface area contributed by atoms with Crippen molar-refractivity contribution in [3.05, 3.63) is 96.8 Å². The largest absolute Gasteiger partial charge is 0.493 e. The number of carbonyl (C=O) groups is 2. The minimum atomic E-state index is -0.284. The summed E-state index contributed by atoms with van der Waals surface area (Å²) < 4.78 is 12.1. The molecule has 4 rings (SSSR count). The second-order valence-electron chi connectivity index (χ2n) is 7.99. The smallest absolute Gasteiger partial charge is 0.293 e. The van der Waals surface area contributed by atoms with Crippen molar-refractivity contribution >= 4 is 68.1 Å². The van der Waals surface area contributed by atoms with Crippen LogP contribution in [0.3, 0.4) is 0 Å². The highest BCUT2D eigenvalue weighted by Crippen LogP contribution is 2.39. The molecule has 0 aliphatic carbocycles. The Morgan fingerprint density at radius 2 is 1.78 bits per heavy atom. The Morgan fingerprint density at radius 3 is 2.50 bits per heavy atom. The highest BCUT2D eigenvalue weighted by atomic mass is 79.9. The van der Waals surface area contributed by atoms with E-state index in [1.807, 2.05) is 42.5 Å². The number of imide groups is 1. The van der Waals surface area contributed by atoms with Gasteiger partial charge in [-0.15, -0.1) is 0 Å². The summed E-state index contributed by atoms with van der Waals surface area (Å²) in [6, 6.07) is 18.9. The molecule has 36 heavy (non-hydrogen) atoms. The molecule has 0 bridgehead atoms. The van der Waals surface area contributed by atoms with Crippen LogP contribution in [0.2, 0.25) is 10.0 Å². The van der Waals surface area contributed by atoms with Crippen molar-refractivity contribution in [2.45, 2.75) is 19.4 Å². The van der Waals surface area contributed by atoms with Crippen LogP contribution in [0.15, 0.2) is 70.0 Å². The van der Waals surface area contributed by atoms with Crippen LogP contribution in [-0.4, -0.2) is 29.7 Å². The number of hydrogen-bond acceptors (Lipinski definition) is 5. The second kappa shape index (κ2) is 12.2. The Bertz CT molecular complexity index is 1320. The predicted molar refractivity (Wildman–Crippen MR) is 149 cm³/mol. The molecule has 9 heteroatoms. The fraction of sp³-hybridized carbons (Fsp3) is 0.185. The van der Waals surface area contributed by atoms with Crippen LogP contribution in [0, 0.1) is 0 Å². The first kappa shape index (κ1) is 26.6. The van der Waals surface area contributed by atoms with Crippen LogP contribution in [0.5, 0.6) is 11.5 Å². The average molecular weight is 607 g/mol. The number of nitrogens with zero attached hydrogens (tertiary/aromatic N) is 1. The molecule has 0 saturated carbocycles. The normalized spacial score (nSPS) is 14.6. The molecular formula is C27H22BrCl2NO4S.